The molecule has 156 valence electrons. The fourth-order valence-corrected chi connectivity index (χ4v) is 2.93. The van der Waals surface area contributed by atoms with Crippen molar-refractivity contribution in [1.82, 2.24) is 0 Å². The minimum absolute atomic E-state index is 0.0830. The summed E-state index contributed by atoms with van der Waals surface area (Å²) in [5, 5.41) is 0. The predicted octanol–water partition coefficient (Wildman–Crippen LogP) is 3.59. The van der Waals surface area contributed by atoms with Crippen molar-refractivity contribution in [3.8, 4) is 23.0 Å². The molecule has 2 heterocycles. The van der Waals surface area contributed by atoms with Gasteiger partial charge in [-0.05, 0) is 24.3 Å². The Kier molecular flexibility index (Phi) is 6.51. The highest BCUT2D eigenvalue weighted by Gasteiger charge is 2.10. The SMILES string of the molecule is O=c1cc2oc(c1)COc1ccccc1OCCOCCOc1ccccc1OC2. The molecule has 1 aromatic heterocycles. The Hall–Kier alpha value is -3.45. The molecule has 0 saturated heterocycles. The average molecular weight is 410 g/mol. The van der Waals surface area contributed by atoms with Crippen molar-refractivity contribution in [3.63, 3.8) is 0 Å². The van der Waals surface area contributed by atoms with Crippen LogP contribution in [0.1, 0.15) is 11.5 Å². The van der Waals surface area contributed by atoms with Crippen molar-refractivity contribution in [2.24, 2.45) is 0 Å². The van der Waals surface area contributed by atoms with Gasteiger partial charge in [0.25, 0.3) is 0 Å². The fraction of sp³-hybridized carbons (Fsp3) is 0.261. The van der Waals surface area contributed by atoms with Crippen molar-refractivity contribution >= 4 is 0 Å². The van der Waals surface area contributed by atoms with E-state index in [-0.39, 0.29) is 18.6 Å². The van der Waals surface area contributed by atoms with Crippen molar-refractivity contribution in [1.29, 1.82) is 0 Å². The number of ether oxygens (including phenoxy) is 5. The monoisotopic (exact) mass is 410 g/mol. The van der Waals surface area contributed by atoms with Crippen LogP contribution in [0.15, 0.2) is 69.9 Å². The molecule has 0 fully saturated rings. The Balaban J connectivity index is 1.57. The molecule has 4 rings (SSSR count). The van der Waals surface area contributed by atoms with E-state index in [0.717, 1.165) is 0 Å². The van der Waals surface area contributed by atoms with Gasteiger partial charge < -0.3 is 28.1 Å². The number of rotatable bonds is 0. The van der Waals surface area contributed by atoms with Crippen LogP contribution >= 0.6 is 0 Å². The Labute approximate surface area is 173 Å². The normalized spacial score (nSPS) is 14.9. The lowest BCUT2D eigenvalue weighted by Crippen LogP contribution is -2.13. The first-order valence-electron chi connectivity index (χ1n) is 9.68. The first-order valence-corrected chi connectivity index (χ1v) is 9.68. The lowest BCUT2D eigenvalue weighted by atomic mass is 10.3. The third-order valence-electron chi connectivity index (χ3n) is 4.28. The van der Waals surface area contributed by atoms with E-state index in [9.17, 15) is 4.79 Å². The van der Waals surface area contributed by atoms with E-state index in [4.69, 9.17) is 28.1 Å². The van der Waals surface area contributed by atoms with Crippen LogP contribution in [-0.2, 0) is 18.0 Å². The smallest absolute Gasteiger partial charge is 0.185 e. The maximum Gasteiger partial charge on any atom is 0.185 e. The van der Waals surface area contributed by atoms with Gasteiger partial charge in [0.2, 0.25) is 0 Å². The molecule has 2 bridgehead atoms. The number of fused-ring (bicyclic) bond motifs is 4. The summed E-state index contributed by atoms with van der Waals surface area (Å²) in [6.45, 7) is 1.72. The van der Waals surface area contributed by atoms with E-state index in [0.29, 0.717) is 60.9 Å². The first-order chi connectivity index (χ1) is 14.8. The van der Waals surface area contributed by atoms with Gasteiger partial charge in [-0.3, -0.25) is 4.79 Å². The second-order valence-corrected chi connectivity index (χ2v) is 6.51. The number of hydrogen-bond donors (Lipinski definition) is 0. The molecule has 1 aliphatic heterocycles. The molecule has 0 saturated carbocycles. The Bertz CT molecular complexity index is 951. The van der Waals surface area contributed by atoms with Gasteiger partial charge in [-0.15, -0.1) is 0 Å². The predicted molar refractivity (Wildman–Crippen MR) is 108 cm³/mol. The van der Waals surface area contributed by atoms with E-state index < -0.39 is 0 Å². The second-order valence-electron chi connectivity index (χ2n) is 6.51. The third kappa shape index (κ3) is 5.33. The summed E-state index contributed by atoms with van der Waals surface area (Å²) < 4.78 is 34.5. The lowest BCUT2D eigenvalue weighted by Gasteiger charge is -2.15. The van der Waals surface area contributed by atoms with Crippen LogP contribution in [0.2, 0.25) is 0 Å². The zero-order valence-corrected chi connectivity index (χ0v) is 16.4. The first kappa shape index (κ1) is 19.8. The molecule has 3 aromatic rings. The Morgan fingerprint density at radius 1 is 0.567 bits per heavy atom. The highest BCUT2D eigenvalue weighted by Crippen LogP contribution is 2.28. The minimum Gasteiger partial charge on any atom is -0.487 e. The summed E-state index contributed by atoms with van der Waals surface area (Å²) in [6.07, 6.45) is 0. The summed E-state index contributed by atoms with van der Waals surface area (Å²) in [5.41, 5.74) is -0.181. The topological polar surface area (TPSA) is 76.4 Å². The second kappa shape index (κ2) is 9.84. The van der Waals surface area contributed by atoms with Crippen LogP contribution < -0.4 is 24.4 Å². The molecule has 0 aliphatic carbocycles. The van der Waals surface area contributed by atoms with Crippen molar-refractivity contribution in [2.45, 2.75) is 13.2 Å². The van der Waals surface area contributed by atoms with E-state index >= 15 is 0 Å². The van der Waals surface area contributed by atoms with Crippen LogP contribution in [0, 0.1) is 0 Å². The van der Waals surface area contributed by atoms with Gasteiger partial charge in [-0.25, -0.2) is 0 Å². The Morgan fingerprint density at radius 2 is 1.00 bits per heavy atom. The third-order valence-corrected chi connectivity index (χ3v) is 4.28. The van der Waals surface area contributed by atoms with Crippen molar-refractivity contribution in [2.75, 3.05) is 26.4 Å². The molecule has 0 amide bonds. The largest absolute Gasteiger partial charge is 0.487 e. The molecule has 30 heavy (non-hydrogen) atoms. The molecular formula is C23H22O7. The van der Waals surface area contributed by atoms with Crippen LogP contribution in [0.5, 0.6) is 23.0 Å². The molecule has 0 radical (unpaired) electrons. The summed E-state index contributed by atoms with van der Waals surface area (Å²) in [5.74, 6) is 3.08. The van der Waals surface area contributed by atoms with Gasteiger partial charge in [-0.1, -0.05) is 24.3 Å². The fourth-order valence-electron chi connectivity index (χ4n) is 2.93. The summed E-state index contributed by atoms with van der Waals surface area (Å²) in [6, 6.07) is 17.4. The zero-order chi connectivity index (χ0) is 20.6. The molecular weight excluding hydrogens is 388 g/mol. The van der Waals surface area contributed by atoms with Crippen molar-refractivity contribution < 1.29 is 28.1 Å². The van der Waals surface area contributed by atoms with Gasteiger partial charge in [0.1, 0.15) is 37.9 Å². The van der Waals surface area contributed by atoms with Crippen LogP contribution in [0.4, 0.5) is 0 Å². The summed E-state index contributed by atoms with van der Waals surface area (Å²) >= 11 is 0. The van der Waals surface area contributed by atoms with E-state index in [2.05, 4.69) is 0 Å². The average Bonchev–Trinajstić information content (AvgIpc) is 2.76. The lowest BCUT2D eigenvalue weighted by molar-refractivity contribution is 0.0740. The molecule has 0 N–H and O–H groups in total. The van der Waals surface area contributed by atoms with Gasteiger partial charge in [0.15, 0.2) is 28.4 Å². The number of para-hydroxylation sites is 4. The summed E-state index contributed by atoms with van der Waals surface area (Å²) in [7, 11) is 0. The van der Waals surface area contributed by atoms with Crippen LogP contribution in [0.3, 0.4) is 0 Å². The van der Waals surface area contributed by atoms with Crippen molar-refractivity contribution in [3.05, 3.63) is 82.4 Å². The molecule has 0 unspecified atom stereocenters. The van der Waals surface area contributed by atoms with Gasteiger partial charge in [0.05, 0.1) is 13.2 Å². The minimum atomic E-state index is -0.181. The van der Waals surface area contributed by atoms with Gasteiger partial charge in [-0.2, -0.15) is 0 Å². The van der Waals surface area contributed by atoms with E-state index in [1.54, 1.807) is 12.1 Å². The molecule has 2 aromatic carbocycles. The van der Waals surface area contributed by atoms with E-state index in [1.807, 2.05) is 36.4 Å². The number of benzene rings is 2. The highest BCUT2D eigenvalue weighted by molar-refractivity contribution is 5.40. The maximum absolute atomic E-state index is 12.1. The quantitative estimate of drug-likeness (QED) is 0.561. The molecule has 0 spiro atoms. The molecule has 7 nitrogen and oxygen atoms in total. The highest BCUT2D eigenvalue weighted by atomic mass is 16.6. The maximum atomic E-state index is 12.1. The Morgan fingerprint density at radius 3 is 1.47 bits per heavy atom. The standard InChI is InChI=1S/C23H22O7/c24-17-13-18-15-28-22-7-3-1-5-20(22)26-11-9-25-10-12-27-21-6-2-4-8-23(21)29-16-19(14-17)30-18/h1-8,13-14H,9-12,15-16H2. The zero-order valence-electron chi connectivity index (χ0n) is 16.4. The molecule has 0 atom stereocenters. The van der Waals surface area contributed by atoms with E-state index in [1.165, 1.54) is 12.1 Å². The molecule has 1 aliphatic rings. The summed E-state index contributed by atoms with van der Waals surface area (Å²) in [4.78, 5) is 12.1. The molecule has 7 heteroatoms. The van der Waals surface area contributed by atoms with Crippen LogP contribution in [0.25, 0.3) is 0 Å². The van der Waals surface area contributed by atoms with Gasteiger partial charge >= 0.3 is 0 Å². The van der Waals surface area contributed by atoms with Crippen LogP contribution in [-0.4, -0.2) is 26.4 Å². The number of hydrogen-bond acceptors (Lipinski definition) is 7. The van der Waals surface area contributed by atoms with Gasteiger partial charge in [0, 0.05) is 12.1 Å².